The quantitative estimate of drug-likeness (QED) is 0.493. The number of nitrogens with zero attached hydrogens (tertiary/aromatic N) is 1. The van der Waals surface area contributed by atoms with Crippen LogP contribution in [-0.4, -0.2) is 25.4 Å². The van der Waals surface area contributed by atoms with E-state index in [1.807, 2.05) is 18.2 Å². The van der Waals surface area contributed by atoms with Gasteiger partial charge in [0.1, 0.15) is 7.11 Å². The highest BCUT2D eigenvalue weighted by molar-refractivity contribution is 7.21. The van der Waals surface area contributed by atoms with Gasteiger partial charge < -0.3 is 9.57 Å². The molecule has 6 heteroatoms. The molecule has 0 atom stereocenters. The molecule has 0 spiro atoms. The summed E-state index contributed by atoms with van der Waals surface area (Å²) >= 11 is 7.36. The third-order valence-corrected chi connectivity index (χ3v) is 3.71. The maximum atomic E-state index is 11.8. The van der Waals surface area contributed by atoms with Crippen molar-refractivity contribution in [1.82, 2.24) is 0 Å². The number of oxime groups is 1. The second kappa shape index (κ2) is 6.04. The average Bonchev–Trinajstić information content (AvgIpc) is 2.78. The molecule has 1 aromatic carbocycles. The number of hydrogen-bond acceptors (Lipinski definition) is 5. The molecule has 0 fully saturated rings. The molecular weight excluding hydrogens is 286 g/mol. The van der Waals surface area contributed by atoms with Crippen LogP contribution in [0.15, 0.2) is 29.4 Å². The SMILES string of the molecule is CCOC(=O)/C(=N/OC)c1cc2ccc(Cl)cc2s1. The van der Waals surface area contributed by atoms with Gasteiger partial charge >= 0.3 is 5.97 Å². The molecule has 2 aromatic rings. The van der Waals surface area contributed by atoms with E-state index >= 15 is 0 Å². The van der Waals surface area contributed by atoms with Crippen LogP contribution in [0, 0.1) is 0 Å². The number of hydrogen-bond donors (Lipinski definition) is 0. The molecule has 1 heterocycles. The van der Waals surface area contributed by atoms with Gasteiger partial charge in [-0.25, -0.2) is 4.79 Å². The third kappa shape index (κ3) is 3.05. The molecule has 0 aliphatic rings. The third-order valence-electron chi connectivity index (χ3n) is 2.37. The molecule has 2 rings (SSSR count). The van der Waals surface area contributed by atoms with Crippen LogP contribution >= 0.6 is 22.9 Å². The molecule has 0 unspecified atom stereocenters. The first-order chi connectivity index (χ1) is 9.15. The molecule has 0 bridgehead atoms. The number of carbonyl (C=O) groups is 1. The summed E-state index contributed by atoms with van der Waals surface area (Å²) in [6.07, 6.45) is 0. The number of rotatable bonds is 4. The number of esters is 1. The van der Waals surface area contributed by atoms with Crippen LogP contribution in [-0.2, 0) is 14.4 Å². The smallest absolute Gasteiger partial charge is 0.361 e. The Bertz CT molecular complexity index is 636. The van der Waals surface area contributed by atoms with Crippen LogP contribution in [0.3, 0.4) is 0 Å². The monoisotopic (exact) mass is 297 g/mol. The first kappa shape index (κ1) is 13.8. The molecule has 0 saturated heterocycles. The van der Waals surface area contributed by atoms with Crippen LogP contribution in [0.2, 0.25) is 5.02 Å². The lowest BCUT2D eigenvalue weighted by Crippen LogP contribution is -2.18. The lowest BCUT2D eigenvalue weighted by Gasteiger charge is -2.02. The topological polar surface area (TPSA) is 47.9 Å². The van der Waals surface area contributed by atoms with E-state index in [1.54, 1.807) is 13.0 Å². The number of carbonyl (C=O) groups excluding carboxylic acids is 1. The van der Waals surface area contributed by atoms with Gasteiger partial charge in [-0.15, -0.1) is 11.3 Å². The van der Waals surface area contributed by atoms with E-state index in [0.717, 1.165) is 10.1 Å². The lowest BCUT2D eigenvalue weighted by atomic mass is 10.2. The van der Waals surface area contributed by atoms with Crippen LogP contribution in [0.1, 0.15) is 11.8 Å². The van der Waals surface area contributed by atoms with Gasteiger partial charge in [0.15, 0.2) is 0 Å². The Morgan fingerprint density at radius 3 is 2.89 bits per heavy atom. The average molecular weight is 298 g/mol. The zero-order valence-corrected chi connectivity index (χ0v) is 12.0. The number of ether oxygens (including phenoxy) is 1. The summed E-state index contributed by atoms with van der Waals surface area (Å²) in [7, 11) is 1.39. The highest BCUT2D eigenvalue weighted by atomic mass is 35.5. The van der Waals surface area contributed by atoms with Crippen LogP contribution in [0.4, 0.5) is 0 Å². The maximum absolute atomic E-state index is 11.8. The molecule has 0 saturated carbocycles. The minimum atomic E-state index is -0.498. The fourth-order valence-corrected chi connectivity index (χ4v) is 2.90. The second-order valence-electron chi connectivity index (χ2n) is 3.64. The van der Waals surface area contributed by atoms with Gasteiger partial charge in [-0.1, -0.05) is 22.8 Å². The number of benzene rings is 1. The Hall–Kier alpha value is -1.59. The van der Waals surface area contributed by atoms with Crippen molar-refractivity contribution in [2.75, 3.05) is 13.7 Å². The van der Waals surface area contributed by atoms with E-state index in [2.05, 4.69) is 5.16 Å². The fraction of sp³-hybridized carbons (Fsp3) is 0.231. The Morgan fingerprint density at radius 1 is 1.42 bits per heavy atom. The summed E-state index contributed by atoms with van der Waals surface area (Å²) in [5, 5.41) is 5.40. The van der Waals surface area contributed by atoms with Crippen LogP contribution < -0.4 is 0 Å². The van der Waals surface area contributed by atoms with Gasteiger partial charge in [0.25, 0.3) is 0 Å². The first-order valence-corrected chi connectivity index (χ1v) is 6.83. The Morgan fingerprint density at radius 2 is 2.21 bits per heavy atom. The zero-order valence-electron chi connectivity index (χ0n) is 10.5. The molecule has 19 heavy (non-hydrogen) atoms. The summed E-state index contributed by atoms with van der Waals surface area (Å²) in [6.45, 7) is 2.03. The lowest BCUT2D eigenvalue weighted by molar-refractivity contribution is -0.135. The summed E-state index contributed by atoms with van der Waals surface area (Å²) in [5.41, 5.74) is 0.168. The predicted molar refractivity (Wildman–Crippen MR) is 77.0 cm³/mol. The van der Waals surface area contributed by atoms with Gasteiger partial charge in [-0.05, 0) is 30.5 Å². The highest BCUT2D eigenvalue weighted by Crippen LogP contribution is 2.29. The maximum Gasteiger partial charge on any atom is 0.361 e. The summed E-state index contributed by atoms with van der Waals surface area (Å²) in [6, 6.07) is 7.41. The summed E-state index contributed by atoms with van der Waals surface area (Å²) in [5.74, 6) is -0.498. The molecule has 1 aromatic heterocycles. The Kier molecular flexibility index (Phi) is 4.39. The van der Waals surface area contributed by atoms with Gasteiger partial charge in [0.2, 0.25) is 5.71 Å². The van der Waals surface area contributed by atoms with Crippen molar-refractivity contribution in [3.63, 3.8) is 0 Å². The highest BCUT2D eigenvalue weighted by Gasteiger charge is 2.19. The number of fused-ring (bicyclic) bond motifs is 1. The largest absolute Gasteiger partial charge is 0.461 e. The van der Waals surface area contributed by atoms with Crippen molar-refractivity contribution in [2.24, 2.45) is 5.16 Å². The molecule has 0 amide bonds. The van der Waals surface area contributed by atoms with E-state index in [0.29, 0.717) is 9.90 Å². The normalized spacial score (nSPS) is 11.6. The standard InChI is InChI=1S/C13H12ClNO3S/c1-3-18-13(16)12(15-17-2)11-6-8-4-5-9(14)7-10(8)19-11/h4-7H,3H2,1-2H3/b15-12+. The van der Waals surface area contributed by atoms with E-state index in [1.165, 1.54) is 18.4 Å². The molecule has 0 aliphatic carbocycles. The minimum Gasteiger partial charge on any atom is -0.461 e. The molecule has 0 radical (unpaired) electrons. The number of halogens is 1. The van der Waals surface area contributed by atoms with E-state index in [-0.39, 0.29) is 12.3 Å². The van der Waals surface area contributed by atoms with Gasteiger partial charge in [0.05, 0.1) is 11.5 Å². The summed E-state index contributed by atoms with van der Waals surface area (Å²) in [4.78, 5) is 17.2. The van der Waals surface area contributed by atoms with Gasteiger partial charge in [-0.2, -0.15) is 0 Å². The van der Waals surface area contributed by atoms with Gasteiger partial charge in [-0.3, -0.25) is 0 Å². The van der Waals surface area contributed by atoms with E-state index in [9.17, 15) is 4.79 Å². The van der Waals surface area contributed by atoms with Crippen molar-refractivity contribution in [3.05, 3.63) is 34.2 Å². The van der Waals surface area contributed by atoms with E-state index < -0.39 is 5.97 Å². The molecule has 4 nitrogen and oxygen atoms in total. The minimum absolute atomic E-state index is 0.168. The molecule has 0 N–H and O–H groups in total. The zero-order chi connectivity index (χ0) is 13.8. The van der Waals surface area contributed by atoms with Crippen molar-refractivity contribution < 1.29 is 14.4 Å². The number of thiophene rings is 1. The van der Waals surface area contributed by atoms with Crippen molar-refractivity contribution >= 4 is 44.7 Å². The second-order valence-corrected chi connectivity index (χ2v) is 5.16. The van der Waals surface area contributed by atoms with Crippen LogP contribution in [0.25, 0.3) is 10.1 Å². The fourth-order valence-electron chi connectivity index (χ4n) is 1.60. The van der Waals surface area contributed by atoms with E-state index in [4.69, 9.17) is 21.2 Å². The molecule has 0 aliphatic heterocycles. The van der Waals surface area contributed by atoms with Gasteiger partial charge in [0, 0.05) is 9.72 Å². The predicted octanol–water partition coefficient (Wildman–Crippen LogP) is 3.47. The molecular formula is C13H12ClNO3S. The molecule has 100 valence electrons. The van der Waals surface area contributed by atoms with Crippen molar-refractivity contribution in [2.45, 2.75) is 6.92 Å². The van der Waals surface area contributed by atoms with Crippen LogP contribution in [0.5, 0.6) is 0 Å². The van der Waals surface area contributed by atoms with Crippen molar-refractivity contribution in [3.8, 4) is 0 Å². The Labute approximate surface area is 119 Å². The summed E-state index contributed by atoms with van der Waals surface area (Å²) < 4.78 is 5.94. The first-order valence-electron chi connectivity index (χ1n) is 5.63. The van der Waals surface area contributed by atoms with Crippen molar-refractivity contribution in [1.29, 1.82) is 0 Å². The Balaban J connectivity index is 2.45.